The minimum absolute atomic E-state index is 0.190. The Morgan fingerprint density at radius 1 is 1.41 bits per heavy atom. The summed E-state index contributed by atoms with van der Waals surface area (Å²) in [6.45, 7) is 4.72. The van der Waals surface area contributed by atoms with Gasteiger partial charge in [-0.1, -0.05) is 17.7 Å². The number of nitrogens with one attached hydrogen (secondary N) is 1. The maximum Gasteiger partial charge on any atom is 0.217 e. The van der Waals surface area contributed by atoms with E-state index < -0.39 is 26.6 Å². The molecule has 1 N–H and O–H groups in total. The Labute approximate surface area is 138 Å². The van der Waals surface area contributed by atoms with Gasteiger partial charge >= 0.3 is 0 Å². The number of hydrogen-bond donors (Lipinski definition) is 1. The lowest BCUT2D eigenvalue weighted by Gasteiger charge is -2.25. The molecule has 119 valence electrons. The van der Waals surface area contributed by atoms with Crippen LogP contribution in [0.25, 0.3) is 0 Å². The van der Waals surface area contributed by atoms with Crippen molar-refractivity contribution in [3.8, 4) is 0 Å². The summed E-state index contributed by atoms with van der Waals surface area (Å²) in [5.74, 6) is -0.581. The van der Waals surface area contributed by atoms with Crippen molar-refractivity contribution in [2.24, 2.45) is 0 Å². The van der Waals surface area contributed by atoms with Gasteiger partial charge in [0.15, 0.2) is 5.51 Å². The Hall–Kier alpha value is -1.02. The summed E-state index contributed by atoms with van der Waals surface area (Å²) >= 11 is 6.89. The molecule has 1 aromatic heterocycles. The first-order valence-electron chi connectivity index (χ1n) is 6.40. The van der Waals surface area contributed by atoms with Crippen molar-refractivity contribution in [3.63, 3.8) is 0 Å². The smallest absolute Gasteiger partial charge is 0.217 e. The highest BCUT2D eigenvalue weighted by Crippen LogP contribution is 2.30. The van der Waals surface area contributed by atoms with E-state index in [1.165, 1.54) is 18.3 Å². The number of rotatable bonds is 4. The third-order valence-corrected chi connectivity index (χ3v) is 6.21. The third-order valence-electron chi connectivity index (χ3n) is 3.05. The highest BCUT2D eigenvalue weighted by atomic mass is 35.5. The molecule has 1 atom stereocenters. The molecule has 2 rings (SSSR count). The number of hydrogen-bond acceptors (Lipinski definition) is 4. The quantitative estimate of drug-likeness (QED) is 0.906. The summed E-state index contributed by atoms with van der Waals surface area (Å²) in [6.07, 6.45) is 1.47. The predicted molar refractivity (Wildman–Crippen MR) is 86.0 cm³/mol. The first-order valence-corrected chi connectivity index (χ1v) is 9.08. The van der Waals surface area contributed by atoms with E-state index >= 15 is 0 Å². The van der Waals surface area contributed by atoms with Crippen molar-refractivity contribution in [1.82, 2.24) is 9.71 Å². The predicted octanol–water partition coefficient (Wildman–Crippen LogP) is 3.54. The van der Waals surface area contributed by atoms with Crippen LogP contribution < -0.4 is 4.72 Å². The first kappa shape index (κ1) is 17.3. The van der Waals surface area contributed by atoms with Crippen molar-refractivity contribution in [3.05, 3.63) is 51.2 Å². The number of aromatic nitrogens is 1. The van der Waals surface area contributed by atoms with E-state index in [9.17, 15) is 12.8 Å². The molecule has 0 saturated heterocycles. The number of benzene rings is 1. The van der Waals surface area contributed by atoms with Gasteiger partial charge in [0.1, 0.15) is 5.82 Å². The second-order valence-electron chi connectivity index (χ2n) is 5.69. The van der Waals surface area contributed by atoms with Gasteiger partial charge in [0.2, 0.25) is 10.0 Å². The highest BCUT2D eigenvalue weighted by molar-refractivity contribution is 7.90. The second-order valence-corrected chi connectivity index (χ2v) is 9.45. The van der Waals surface area contributed by atoms with Crippen molar-refractivity contribution < 1.29 is 12.8 Å². The van der Waals surface area contributed by atoms with E-state index in [1.807, 2.05) is 0 Å². The fraction of sp³-hybridized carbons (Fsp3) is 0.357. The minimum atomic E-state index is -3.68. The summed E-state index contributed by atoms with van der Waals surface area (Å²) in [5, 5.41) is 0.245. The zero-order chi connectivity index (χ0) is 16.5. The lowest BCUT2D eigenvalue weighted by atomic mass is 10.1. The van der Waals surface area contributed by atoms with Crippen molar-refractivity contribution in [1.29, 1.82) is 0 Å². The van der Waals surface area contributed by atoms with Crippen LogP contribution in [0.4, 0.5) is 4.39 Å². The molecule has 0 saturated carbocycles. The number of nitrogens with zero attached hydrogens (tertiary/aromatic N) is 1. The largest absolute Gasteiger partial charge is 0.242 e. The van der Waals surface area contributed by atoms with Crippen LogP contribution in [0.15, 0.2) is 24.4 Å². The van der Waals surface area contributed by atoms with Gasteiger partial charge in [0, 0.05) is 21.7 Å². The Balaban J connectivity index is 2.50. The molecule has 1 heterocycles. The van der Waals surface area contributed by atoms with E-state index in [0.29, 0.717) is 4.88 Å². The van der Waals surface area contributed by atoms with E-state index in [2.05, 4.69) is 15.2 Å². The first-order chi connectivity index (χ1) is 10.1. The fourth-order valence-electron chi connectivity index (χ4n) is 1.67. The molecule has 0 amide bonds. The molecular formula is C14H15ClFN2O2S2. The summed E-state index contributed by atoms with van der Waals surface area (Å²) in [6, 6.07) is 3.27. The molecule has 1 radical (unpaired) electrons. The molecule has 8 heteroatoms. The van der Waals surface area contributed by atoms with Crippen LogP contribution in [0, 0.1) is 11.3 Å². The van der Waals surface area contributed by atoms with Crippen LogP contribution in [0.3, 0.4) is 0 Å². The lowest BCUT2D eigenvalue weighted by Crippen LogP contribution is -2.41. The van der Waals surface area contributed by atoms with Gasteiger partial charge in [-0.2, -0.15) is 0 Å². The Kier molecular flexibility index (Phi) is 4.91. The average Bonchev–Trinajstić information content (AvgIpc) is 2.88. The van der Waals surface area contributed by atoms with Crippen LogP contribution in [0.2, 0.25) is 5.02 Å². The van der Waals surface area contributed by atoms with Gasteiger partial charge in [-0.25, -0.2) is 22.5 Å². The maximum absolute atomic E-state index is 14.2. The number of sulfonamides is 1. The molecule has 22 heavy (non-hydrogen) atoms. The highest BCUT2D eigenvalue weighted by Gasteiger charge is 2.33. The van der Waals surface area contributed by atoms with Crippen molar-refractivity contribution in [2.45, 2.75) is 31.6 Å². The third kappa shape index (κ3) is 3.65. The monoisotopic (exact) mass is 361 g/mol. The van der Waals surface area contributed by atoms with Crippen molar-refractivity contribution >= 4 is 33.0 Å². The van der Waals surface area contributed by atoms with E-state index in [0.717, 1.165) is 17.4 Å². The van der Waals surface area contributed by atoms with Gasteiger partial charge in [-0.15, -0.1) is 11.3 Å². The SMILES string of the molecule is CC(C)(C)S(=O)(=O)NC(c1cn[c]s1)c1ccc(Cl)cc1F. The van der Waals surface area contributed by atoms with E-state index in [1.54, 1.807) is 20.8 Å². The van der Waals surface area contributed by atoms with Crippen LogP contribution >= 0.6 is 22.9 Å². The summed E-state index contributed by atoms with van der Waals surface area (Å²) < 4.78 is 40.6. The van der Waals surface area contributed by atoms with Crippen LogP contribution in [0.5, 0.6) is 0 Å². The number of halogens is 2. The summed E-state index contributed by atoms with van der Waals surface area (Å²) in [7, 11) is -3.68. The zero-order valence-electron chi connectivity index (χ0n) is 12.2. The van der Waals surface area contributed by atoms with E-state index in [4.69, 9.17) is 11.6 Å². The normalized spacial score (nSPS) is 14.0. The second kappa shape index (κ2) is 6.23. The van der Waals surface area contributed by atoms with Crippen LogP contribution in [-0.4, -0.2) is 18.1 Å². The summed E-state index contributed by atoms with van der Waals surface area (Å²) in [4.78, 5) is 4.37. The molecule has 0 fully saturated rings. The molecule has 0 aliphatic carbocycles. The van der Waals surface area contributed by atoms with Gasteiger partial charge < -0.3 is 0 Å². The Morgan fingerprint density at radius 3 is 2.59 bits per heavy atom. The van der Waals surface area contributed by atoms with Crippen LogP contribution in [0.1, 0.15) is 37.3 Å². The summed E-state index contributed by atoms with van der Waals surface area (Å²) in [5.41, 5.74) is 2.83. The molecule has 1 unspecified atom stereocenters. The van der Waals surface area contributed by atoms with Gasteiger partial charge in [-0.05, 0) is 32.9 Å². The van der Waals surface area contributed by atoms with Crippen molar-refractivity contribution in [2.75, 3.05) is 0 Å². The molecule has 0 bridgehead atoms. The molecule has 2 aromatic rings. The standard InChI is InChI=1S/C14H15ClFN2O2S2/c1-14(2,3)22(19,20)18-13(12-7-17-8-21-12)10-5-4-9(15)6-11(10)16/h4-7,13,18H,1-3H3. The van der Waals surface area contributed by atoms with Gasteiger partial charge in [-0.3, -0.25) is 0 Å². The fourth-order valence-corrected chi connectivity index (χ4v) is 3.44. The molecular weight excluding hydrogens is 347 g/mol. The molecule has 0 aliphatic rings. The molecule has 0 spiro atoms. The molecule has 0 aliphatic heterocycles. The molecule has 1 aromatic carbocycles. The zero-order valence-corrected chi connectivity index (χ0v) is 14.6. The topological polar surface area (TPSA) is 59.1 Å². The molecule has 4 nitrogen and oxygen atoms in total. The Morgan fingerprint density at radius 2 is 2.09 bits per heavy atom. The Bertz CT molecular complexity index is 756. The average molecular weight is 362 g/mol. The maximum atomic E-state index is 14.2. The lowest BCUT2D eigenvalue weighted by molar-refractivity contribution is 0.531. The minimum Gasteiger partial charge on any atom is -0.242 e. The van der Waals surface area contributed by atoms with Gasteiger partial charge in [0.05, 0.1) is 10.8 Å². The van der Waals surface area contributed by atoms with Gasteiger partial charge in [0.25, 0.3) is 0 Å². The van der Waals surface area contributed by atoms with Crippen LogP contribution in [-0.2, 0) is 10.0 Å². The number of thiazole rings is 1. The van der Waals surface area contributed by atoms with E-state index in [-0.39, 0.29) is 10.6 Å².